The zero-order valence-electron chi connectivity index (χ0n) is 16.4. The zero-order chi connectivity index (χ0) is 18.6. The quantitative estimate of drug-likeness (QED) is 0.829. The number of likely N-dealkylation sites (tertiary alicyclic amines) is 1. The second-order valence-corrected chi connectivity index (χ2v) is 7.83. The van der Waals surface area contributed by atoms with Crippen molar-refractivity contribution in [2.45, 2.75) is 45.3 Å². The number of carbonyl (C=O) groups excluding carboxylic acids is 1. The lowest BCUT2D eigenvalue weighted by molar-refractivity contribution is 0.0216. The first-order chi connectivity index (χ1) is 13.2. The summed E-state index contributed by atoms with van der Waals surface area (Å²) in [6, 6.07) is 8.18. The highest BCUT2D eigenvalue weighted by Gasteiger charge is 2.25. The molecule has 0 spiro atoms. The predicted octanol–water partition coefficient (Wildman–Crippen LogP) is 3.38. The Labute approximate surface area is 161 Å². The van der Waals surface area contributed by atoms with Crippen LogP contribution in [0.25, 0.3) is 10.9 Å². The number of benzene rings is 1. The van der Waals surface area contributed by atoms with E-state index in [0.29, 0.717) is 6.54 Å². The van der Waals surface area contributed by atoms with Crippen molar-refractivity contribution >= 4 is 16.8 Å². The number of ether oxygens (including phenoxy) is 1. The van der Waals surface area contributed by atoms with Gasteiger partial charge in [0.1, 0.15) is 0 Å². The summed E-state index contributed by atoms with van der Waals surface area (Å²) >= 11 is 0. The lowest BCUT2D eigenvalue weighted by Gasteiger charge is -2.31. The number of carbonyl (C=O) groups is 1. The Bertz CT molecular complexity index is 779. The summed E-state index contributed by atoms with van der Waals surface area (Å²) in [6.07, 6.45) is 7.04. The lowest BCUT2D eigenvalue weighted by atomic mass is 10.1. The van der Waals surface area contributed by atoms with Crippen molar-refractivity contribution in [3.05, 3.63) is 36.0 Å². The monoisotopic (exact) mass is 369 g/mol. The maximum Gasteiger partial charge on any atom is 0.253 e. The van der Waals surface area contributed by atoms with Gasteiger partial charge >= 0.3 is 0 Å². The molecule has 0 bridgehead atoms. The van der Waals surface area contributed by atoms with E-state index in [1.54, 1.807) is 0 Å². The minimum Gasteiger partial charge on any atom is -0.375 e. The number of hydrogen-bond acceptors (Lipinski definition) is 3. The van der Waals surface area contributed by atoms with Crippen LogP contribution in [-0.4, -0.2) is 65.7 Å². The Morgan fingerprint density at radius 2 is 1.96 bits per heavy atom. The highest BCUT2D eigenvalue weighted by Crippen LogP contribution is 2.20. The Balaban J connectivity index is 1.46. The normalized spacial score (nSPS) is 22.1. The van der Waals surface area contributed by atoms with Crippen LogP contribution in [0.1, 0.15) is 43.0 Å². The second kappa shape index (κ2) is 8.44. The SMILES string of the molecule is CCn1ccc2cc(C(=O)N3CCCO[C@@H](CN4CCCCC4)C3)ccc21. The van der Waals surface area contributed by atoms with Crippen molar-refractivity contribution in [3.63, 3.8) is 0 Å². The van der Waals surface area contributed by atoms with Crippen molar-refractivity contribution in [2.75, 3.05) is 39.3 Å². The summed E-state index contributed by atoms with van der Waals surface area (Å²) in [5.41, 5.74) is 1.98. The predicted molar refractivity (Wildman–Crippen MR) is 108 cm³/mol. The molecule has 5 heteroatoms. The number of nitrogens with zero attached hydrogens (tertiary/aromatic N) is 3. The maximum atomic E-state index is 13.2. The highest BCUT2D eigenvalue weighted by atomic mass is 16.5. The molecule has 0 N–H and O–H groups in total. The molecule has 2 saturated heterocycles. The Kier molecular flexibility index (Phi) is 5.79. The topological polar surface area (TPSA) is 37.7 Å². The second-order valence-electron chi connectivity index (χ2n) is 7.83. The largest absolute Gasteiger partial charge is 0.375 e. The van der Waals surface area contributed by atoms with E-state index in [1.807, 2.05) is 17.0 Å². The highest BCUT2D eigenvalue weighted by molar-refractivity contribution is 5.98. The summed E-state index contributed by atoms with van der Waals surface area (Å²) in [4.78, 5) is 17.7. The van der Waals surface area contributed by atoms with Crippen molar-refractivity contribution in [1.82, 2.24) is 14.4 Å². The third kappa shape index (κ3) is 4.19. The molecule has 1 aromatic carbocycles. The van der Waals surface area contributed by atoms with E-state index in [0.717, 1.165) is 43.6 Å². The van der Waals surface area contributed by atoms with E-state index in [1.165, 1.54) is 37.9 Å². The number of hydrogen-bond donors (Lipinski definition) is 0. The Hall–Kier alpha value is -1.85. The fourth-order valence-corrected chi connectivity index (χ4v) is 4.41. The van der Waals surface area contributed by atoms with Gasteiger partial charge in [0, 0.05) is 55.4 Å². The molecule has 2 aliphatic heterocycles. The molecule has 0 saturated carbocycles. The maximum absolute atomic E-state index is 13.2. The lowest BCUT2D eigenvalue weighted by Crippen LogP contribution is -2.43. The third-order valence-electron chi connectivity index (χ3n) is 5.91. The Morgan fingerprint density at radius 1 is 1.11 bits per heavy atom. The molecular formula is C22H31N3O2. The van der Waals surface area contributed by atoms with Crippen LogP contribution in [0.2, 0.25) is 0 Å². The van der Waals surface area contributed by atoms with Crippen molar-refractivity contribution in [2.24, 2.45) is 0 Å². The van der Waals surface area contributed by atoms with Gasteiger partial charge in [-0.25, -0.2) is 0 Å². The van der Waals surface area contributed by atoms with Gasteiger partial charge in [-0.05, 0) is 63.5 Å². The van der Waals surface area contributed by atoms with Gasteiger partial charge in [-0.2, -0.15) is 0 Å². The first-order valence-corrected chi connectivity index (χ1v) is 10.5. The van der Waals surface area contributed by atoms with Crippen LogP contribution in [0.15, 0.2) is 30.5 Å². The molecule has 0 radical (unpaired) electrons. The summed E-state index contributed by atoms with van der Waals surface area (Å²) in [6.45, 7) is 8.59. The van der Waals surface area contributed by atoms with E-state index in [9.17, 15) is 4.79 Å². The molecule has 2 aromatic rings. The van der Waals surface area contributed by atoms with E-state index in [2.05, 4.69) is 34.7 Å². The van der Waals surface area contributed by atoms with Crippen LogP contribution < -0.4 is 0 Å². The number of rotatable bonds is 4. The molecular weight excluding hydrogens is 338 g/mol. The molecule has 1 aromatic heterocycles. The first kappa shape index (κ1) is 18.5. The smallest absolute Gasteiger partial charge is 0.253 e. The van der Waals surface area contributed by atoms with Crippen LogP contribution in [0, 0.1) is 0 Å². The Morgan fingerprint density at radius 3 is 2.78 bits per heavy atom. The molecule has 1 amide bonds. The number of aromatic nitrogens is 1. The van der Waals surface area contributed by atoms with Gasteiger partial charge in [0.15, 0.2) is 0 Å². The summed E-state index contributed by atoms with van der Waals surface area (Å²) in [5, 5.41) is 1.14. The van der Waals surface area contributed by atoms with Gasteiger partial charge in [-0.1, -0.05) is 6.42 Å². The number of amides is 1. The fraction of sp³-hybridized carbons (Fsp3) is 0.591. The average Bonchev–Trinajstić information content (AvgIpc) is 2.98. The van der Waals surface area contributed by atoms with E-state index >= 15 is 0 Å². The van der Waals surface area contributed by atoms with Gasteiger partial charge in [0.2, 0.25) is 0 Å². The number of fused-ring (bicyclic) bond motifs is 1. The van der Waals surface area contributed by atoms with E-state index < -0.39 is 0 Å². The van der Waals surface area contributed by atoms with Gasteiger partial charge in [0.05, 0.1) is 6.10 Å². The van der Waals surface area contributed by atoms with Gasteiger partial charge in [-0.3, -0.25) is 4.79 Å². The third-order valence-corrected chi connectivity index (χ3v) is 5.91. The molecule has 1 atom stereocenters. The molecule has 0 aliphatic carbocycles. The molecule has 27 heavy (non-hydrogen) atoms. The average molecular weight is 370 g/mol. The number of piperidine rings is 1. The fourth-order valence-electron chi connectivity index (χ4n) is 4.41. The summed E-state index contributed by atoms with van der Waals surface area (Å²) in [5.74, 6) is 0.135. The minimum atomic E-state index is 0.124. The summed E-state index contributed by atoms with van der Waals surface area (Å²) < 4.78 is 8.28. The van der Waals surface area contributed by atoms with Crippen molar-refractivity contribution < 1.29 is 9.53 Å². The minimum absolute atomic E-state index is 0.124. The molecule has 4 rings (SSSR count). The standard InChI is InChI=1S/C22H31N3O2/c1-2-24-13-9-18-15-19(7-8-21(18)24)22(26)25-12-6-14-27-20(17-25)16-23-10-4-3-5-11-23/h7-9,13,15,20H,2-6,10-12,14,16-17H2,1H3/t20-/m0/s1. The van der Waals surface area contributed by atoms with Crippen LogP contribution in [-0.2, 0) is 11.3 Å². The van der Waals surface area contributed by atoms with Crippen molar-refractivity contribution in [3.8, 4) is 0 Å². The summed E-state index contributed by atoms with van der Waals surface area (Å²) in [7, 11) is 0. The molecule has 5 nitrogen and oxygen atoms in total. The van der Waals surface area contributed by atoms with Gasteiger partial charge in [0.25, 0.3) is 5.91 Å². The number of aryl methyl sites for hydroxylation is 1. The van der Waals surface area contributed by atoms with E-state index in [-0.39, 0.29) is 12.0 Å². The zero-order valence-corrected chi connectivity index (χ0v) is 16.4. The molecule has 146 valence electrons. The molecule has 3 heterocycles. The van der Waals surface area contributed by atoms with Crippen LogP contribution in [0.3, 0.4) is 0 Å². The van der Waals surface area contributed by atoms with Crippen molar-refractivity contribution in [1.29, 1.82) is 0 Å². The first-order valence-electron chi connectivity index (χ1n) is 10.5. The molecule has 2 aliphatic rings. The van der Waals surface area contributed by atoms with Crippen LogP contribution in [0.4, 0.5) is 0 Å². The molecule has 2 fully saturated rings. The van der Waals surface area contributed by atoms with Gasteiger partial charge < -0.3 is 19.1 Å². The van der Waals surface area contributed by atoms with Gasteiger partial charge in [-0.15, -0.1) is 0 Å². The van der Waals surface area contributed by atoms with Crippen LogP contribution in [0.5, 0.6) is 0 Å². The molecule has 0 unspecified atom stereocenters. The van der Waals surface area contributed by atoms with E-state index in [4.69, 9.17) is 4.74 Å². The van der Waals surface area contributed by atoms with Crippen LogP contribution >= 0.6 is 0 Å².